The molecule has 2 heterocycles. The van der Waals surface area contributed by atoms with E-state index in [0.717, 1.165) is 43.1 Å². The number of piperazine rings is 1. The number of carbonyl (C=O) groups excluding carboxylic acids is 1. The van der Waals surface area contributed by atoms with Gasteiger partial charge in [-0.05, 0) is 30.2 Å². The third-order valence-electron chi connectivity index (χ3n) is 5.99. The molecule has 0 radical (unpaired) electrons. The average Bonchev–Trinajstić information content (AvgIpc) is 3.19. The fourth-order valence-electron chi connectivity index (χ4n) is 3.91. The molecule has 0 saturated carbocycles. The van der Waals surface area contributed by atoms with Gasteiger partial charge in [0.05, 0.1) is 17.9 Å². The lowest BCUT2D eigenvalue weighted by Gasteiger charge is -2.31. The maximum absolute atomic E-state index is 12.8. The predicted octanol–water partition coefficient (Wildman–Crippen LogP) is 4.02. The summed E-state index contributed by atoms with van der Waals surface area (Å²) in [5.41, 5.74) is 4.17. The number of likely N-dealkylation sites (N-methyl/N-ethyl adjacent to an activating group) is 1. The minimum atomic E-state index is -0.0127. The Morgan fingerprint density at radius 2 is 1.62 bits per heavy atom. The van der Waals surface area contributed by atoms with Crippen LogP contribution in [0.25, 0.3) is 16.9 Å². The van der Waals surface area contributed by atoms with Gasteiger partial charge in [0.2, 0.25) is 5.91 Å². The van der Waals surface area contributed by atoms with E-state index >= 15 is 0 Å². The van der Waals surface area contributed by atoms with E-state index in [1.807, 2.05) is 41.1 Å². The Bertz CT molecular complexity index is 1040. The number of nitrogens with zero attached hydrogens (tertiary/aromatic N) is 4. The number of rotatable bonds is 5. The van der Waals surface area contributed by atoms with Crippen molar-refractivity contribution in [2.75, 3.05) is 45.1 Å². The summed E-state index contributed by atoms with van der Waals surface area (Å²) in [6, 6.07) is 20.4. The van der Waals surface area contributed by atoms with Crippen molar-refractivity contribution in [3.05, 3.63) is 66.2 Å². The third kappa shape index (κ3) is 5.26. The zero-order chi connectivity index (χ0) is 22.7. The Balaban J connectivity index is 1.58. The molecule has 3 aromatic rings. The number of hydrogen-bond acceptors (Lipinski definition) is 4. The van der Waals surface area contributed by atoms with E-state index in [9.17, 15) is 4.79 Å². The Hall–Kier alpha value is -2.96. The smallest absolute Gasteiger partial charge is 0.239 e. The van der Waals surface area contributed by atoms with E-state index in [1.165, 1.54) is 5.56 Å². The summed E-state index contributed by atoms with van der Waals surface area (Å²) >= 11 is 0. The molecule has 6 nitrogen and oxygen atoms in total. The molecule has 1 N–H and O–H groups in total. The molecule has 1 saturated heterocycles. The molecule has 1 aliphatic heterocycles. The minimum absolute atomic E-state index is 0.0127. The molecule has 1 aliphatic rings. The molecule has 32 heavy (non-hydrogen) atoms. The largest absolute Gasteiger partial charge is 0.309 e. The molecule has 168 valence electrons. The van der Waals surface area contributed by atoms with E-state index in [2.05, 4.69) is 67.2 Å². The second kappa shape index (κ2) is 9.27. The Morgan fingerprint density at radius 1 is 0.969 bits per heavy atom. The second-order valence-corrected chi connectivity index (χ2v) is 9.62. The van der Waals surface area contributed by atoms with Gasteiger partial charge in [-0.25, -0.2) is 4.68 Å². The molecule has 0 bridgehead atoms. The number of nitrogens with one attached hydrogen (secondary N) is 1. The quantitative estimate of drug-likeness (QED) is 0.663. The van der Waals surface area contributed by atoms with E-state index in [4.69, 9.17) is 5.10 Å². The molecule has 0 unspecified atom stereocenters. The van der Waals surface area contributed by atoms with Crippen molar-refractivity contribution in [3.63, 3.8) is 0 Å². The topological polar surface area (TPSA) is 53.4 Å². The van der Waals surface area contributed by atoms with Crippen molar-refractivity contribution in [3.8, 4) is 16.9 Å². The molecule has 1 amide bonds. The van der Waals surface area contributed by atoms with Crippen LogP contribution in [0.2, 0.25) is 0 Å². The second-order valence-electron chi connectivity index (χ2n) is 9.62. The van der Waals surface area contributed by atoms with Crippen molar-refractivity contribution >= 4 is 11.7 Å². The van der Waals surface area contributed by atoms with Gasteiger partial charge in [-0.2, -0.15) is 5.10 Å². The molecular formula is C26H33N5O. The number of aromatic nitrogens is 2. The lowest BCUT2D eigenvalue weighted by molar-refractivity contribution is -0.117. The van der Waals surface area contributed by atoms with Crippen LogP contribution in [0.15, 0.2) is 60.7 Å². The monoisotopic (exact) mass is 431 g/mol. The van der Waals surface area contributed by atoms with Crippen molar-refractivity contribution < 1.29 is 4.79 Å². The molecule has 4 rings (SSSR count). The molecule has 6 heteroatoms. The van der Waals surface area contributed by atoms with E-state index in [0.29, 0.717) is 12.4 Å². The first-order valence-corrected chi connectivity index (χ1v) is 11.3. The van der Waals surface area contributed by atoms with E-state index < -0.39 is 0 Å². The highest BCUT2D eigenvalue weighted by atomic mass is 16.2. The summed E-state index contributed by atoms with van der Waals surface area (Å²) in [7, 11) is 2.12. The van der Waals surface area contributed by atoms with Crippen molar-refractivity contribution in [2.45, 2.75) is 26.2 Å². The highest BCUT2D eigenvalue weighted by molar-refractivity contribution is 5.92. The van der Waals surface area contributed by atoms with Crippen LogP contribution in [0, 0.1) is 0 Å². The van der Waals surface area contributed by atoms with Gasteiger partial charge in [0.1, 0.15) is 5.82 Å². The van der Waals surface area contributed by atoms with Gasteiger partial charge in [-0.15, -0.1) is 0 Å². The minimum Gasteiger partial charge on any atom is -0.309 e. The number of carbonyl (C=O) groups is 1. The molecule has 0 spiro atoms. The zero-order valence-electron chi connectivity index (χ0n) is 19.5. The molecule has 0 atom stereocenters. The number of amides is 1. The standard InChI is InChI=1S/C26H33N5O/c1-26(2,3)21-12-10-20(11-13-21)23-18-24(31(28-23)22-8-6-5-7-9-22)27-25(32)19-30-16-14-29(4)15-17-30/h5-13,18H,14-17,19H2,1-4H3,(H,27,32). The van der Waals surface area contributed by atoms with Gasteiger partial charge in [0.25, 0.3) is 0 Å². The summed E-state index contributed by atoms with van der Waals surface area (Å²) in [4.78, 5) is 17.3. The van der Waals surface area contributed by atoms with Crippen molar-refractivity contribution in [1.29, 1.82) is 0 Å². The molecule has 0 aliphatic carbocycles. The first kappa shape index (κ1) is 22.2. The van der Waals surface area contributed by atoms with E-state index in [1.54, 1.807) is 0 Å². The van der Waals surface area contributed by atoms with Gasteiger partial charge in [-0.3, -0.25) is 9.69 Å². The van der Waals surface area contributed by atoms with E-state index in [-0.39, 0.29) is 11.3 Å². The summed E-state index contributed by atoms with van der Waals surface area (Å²) < 4.78 is 1.81. The highest BCUT2D eigenvalue weighted by Gasteiger charge is 2.19. The summed E-state index contributed by atoms with van der Waals surface area (Å²) in [5.74, 6) is 0.673. The lowest BCUT2D eigenvalue weighted by Crippen LogP contribution is -2.47. The van der Waals surface area contributed by atoms with Crippen LogP contribution >= 0.6 is 0 Å². The predicted molar refractivity (Wildman–Crippen MR) is 130 cm³/mol. The fraction of sp³-hybridized carbons (Fsp3) is 0.385. The Labute approximate surface area is 190 Å². The van der Waals surface area contributed by atoms with Gasteiger partial charge in [0, 0.05) is 37.8 Å². The number of hydrogen-bond donors (Lipinski definition) is 1. The van der Waals surface area contributed by atoms with Crippen LogP contribution in [0.4, 0.5) is 5.82 Å². The molecule has 1 fully saturated rings. The molecule has 2 aromatic carbocycles. The summed E-state index contributed by atoms with van der Waals surface area (Å²) in [6.07, 6.45) is 0. The van der Waals surface area contributed by atoms with Crippen LogP contribution in [-0.4, -0.2) is 65.3 Å². The van der Waals surface area contributed by atoms with Crippen molar-refractivity contribution in [1.82, 2.24) is 19.6 Å². The summed E-state index contributed by atoms with van der Waals surface area (Å²) in [5, 5.41) is 7.93. The first-order chi connectivity index (χ1) is 15.3. The number of benzene rings is 2. The highest BCUT2D eigenvalue weighted by Crippen LogP contribution is 2.28. The lowest BCUT2D eigenvalue weighted by atomic mass is 9.86. The fourth-order valence-corrected chi connectivity index (χ4v) is 3.91. The van der Waals surface area contributed by atoms with Crippen LogP contribution in [0.3, 0.4) is 0 Å². The molecular weight excluding hydrogens is 398 g/mol. The van der Waals surface area contributed by atoms with Crippen LogP contribution in [0.1, 0.15) is 26.3 Å². The third-order valence-corrected chi connectivity index (χ3v) is 5.99. The van der Waals surface area contributed by atoms with Crippen LogP contribution in [0.5, 0.6) is 0 Å². The maximum Gasteiger partial charge on any atom is 0.239 e. The van der Waals surface area contributed by atoms with Gasteiger partial charge >= 0.3 is 0 Å². The summed E-state index contributed by atoms with van der Waals surface area (Å²) in [6.45, 7) is 10.8. The zero-order valence-corrected chi connectivity index (χ0v) is 19.5. The first-order valence-electron chi connectivity index (χ1n) is 11.3. The average molecular weight is 432 g/mol. The SMILES string of the molecule is CN1CCN(CC(=O)Nc2cc(-c3ccc(C(C)(C)C)cc3)nn2-c2ccccc2)CC1. The Morgan fingerprint density at radius 3 is 2.25 bits per heavy atom. The Kier molecular flexibility index (Phi) is 6.44. The van der Waals surface area contributed by atoms with Gasteiger partial charge in [0.15, 0.2) is 0 Å². The number of para-hydroxylation sites is 1. The van der Waals surface area contributed by atoms with Crippen molar-refractivity contribution in [2.24, 2.45) is 0 Å². The van der Waals surface area contributed by atoms with Crippen LogP contribution < -0.4 is 5.32 Å². The van der Waals surface area contributed by atoms with Crippen LogP contribution in [-0.2, 0) is 10.2 Å². The van der Waals surface area contributed by atoms with Gasteiger partial charge < -0.3 is 10.2 Å². The maximum atomic E-state index is 12.8. The molecule has 1 aromatic heterocycles. The van der Waals surface area contributed by atoms with Gasteiger partial charge in [-0.1, -0.05) is 63.2 Å². The number of anilines is 1. The normalized spacial score (nSPS) is 15.6.